The van der Waals surface area contributed by atoms with Gasteiger partial charge in [-0.15, -0.1) is 0 Å². The van der Waals surface area contributed by atoms with E-state index in [9.17, 15) is 4.79 Å². The van der Waals surface area contributed by atoms with Gasteiger partial charge in [0, 0.05) is 6.20 Å². The zero-order chi connectivity index (χ0) is 9.26. The predicted molar refractivity (Wildman–Crippen MR) is 50.6 cm³/mol. The van der Waals surface area contributed by atoms with Crippen molar-refractivity contribution < 1.29 is 4.79 Å². The molecule has 1 amide bonds. The molecule has 4 nitrogen and oxygen atoms in total. The number of nitrogens with zero attached hydrogens (tertiary/aromatic N) is 1. The molecule has 0 spiro atoms. The van der Waals surface area contributed by atoms with E-state index in [-0.39, 0.29) is 11.9 Å². The van der Waals surface area contributed by atoms with E-state index in [4.69, 9.17) is 0 Å². The van der Waals surface area contributed by atoms with Crippen molar-refractivity contribution in [3.8, 4) is 0 Å². The topological polar surface area (TPSA) is 54.0 Å². The third-order valence-electron chi connectivity index (χ3n) is 2.10. The summed E-state index contributed by atoms with van der Waals surface area (Å²) in [5, 5.41) is 5.87. The fourth-order valence-corrected chi connectivity index (χ4v) is 1.36. The first kappa shape index (κ1) is 8.04. The lowest BCUT2D eigenvalue weighted by molar-refractivity contribution is -0.117. The maximum absolute atomic E-state index is 11.4. The van der Waals surface area contributed by atoms with E-state index in [0.717, 1.165) is 17.9 Å². The van der Waals surface area contributed by atoms with Gasteiger partial charge in [0.25, 0.3) is 0 Å². The molecular weight excluding hydrogens is 166 g/mol. The molecule has 1 aromatic heterocycles. The van der Waals surface area contributed by atoms with Crippen molar-refractivity contribution in [2.45, 2.75) is 19.4 Å². The second kappa shape index (κ2) is 3.05. The number of amides is 1. The summed E-state index contributed by atoms with van der Waals surface area (Å²) in [4.78, 5) is 15.5. The molecule has 2 rings (SSSR count). The molecule has 0 saturated carbocycles. The van der Waals surface area contributed by atoms with Gasteiger partial charge in [-0.1, -0.05) is 6.92 Å². The molecule has 2 heterocycles. The largest absolute Gasteiger partial charge is 0.357 e. The molecule has 0 radical (unpaired) electrons. The number of carbonyl (C=O) groups is 1. The smallest absolute Gasteiger partial charge is 0.246 e. The molecule has 0 bridgehead atoms. The van der Waals surface area contributed by atoms with Gasteiger partial charge in [-0.05, 0) is 18.6 Å². The average Bonchev–Trinajstić information content (AvgIpc) is 2.17. The number of nitrogens with one attached hydrogen (secondary N) is 2. The molecule has 1 aliphatic rings. The molecule has 1 aromatic rings. The molecule has 0 aliphatic carbocycles. The molecule has 0 fully saturated rings. The first-order valence-corrected chi connectivity index (χ1v) is 4.33. The van der Waals surface area contributed by atoms with Crippen LogP contribution in [0.15, 0.2) is 18.3 Å². The predicted octanol–water partition coefficient (Wildman–Crippen LogP) is 1.22. The van der Waals surface area contributed by atoms with E-state index in [2.05, 4.69) is 15.6 Å². The zero-order valence-electron chi connectivity index (χ0n) is 7.37. The zero-order valence-corrected chi connectivity index (χ0v) is 7.37. The SMILES string of the molecule is CCC1Nc2ncccc2NC1=O. The highest BCUT2D eigenvalue weighted by Gasteiger charge is 2.23. The van der Waals surface area contributed by atoms with Gasteiger partial charge in [0.05, 0.1) is 5.69 Å². The van der Waals surface area contributed by atoms with Crippen molar-refractivity contribution >= 4 is 17.4 Å². The van der Waals surface area contributed by atoms with Crippen LogP contribution in [0.4, 0.5) is 11.5 Å². The third-order valence-corrected chi connectivity index (χ3v) is 2.10. The Morgan fingerprint density at radius 3 is 3.23 bits per heavy atom. The summed E-state index contributed by atoms with van der Waals surface area (Å²) < 4.78 is 0. The Balaban J connectivity index is 2.33. The molecule has 1 atom stereocenters. The van der Waals surface area contributed by atoms with E-state index in [1.807, 2.05) is 13.0 Å². The monoisotopic (exact) mass is 177 g/mol. The maximum atomic E-state index is 11.4. The lowest BCUT2D eigenvalue weighted by Crippen LogP contribution is -2.38. The summed E-state index contributed by atoms with van der Waals surface area (Å²) in [6.07, 6.45) is 2.47. The fraction of sp³-hybridized carbons (Fsp3) is 0.333. The molecule has 4 heteroatoms. The minimum Gasteiger partial charge on any atom is -0.357 e. The van der Waals surface area contributed by atoms with Crippen LogP contribution in [0.1, 0.15) is 13.3 Å². The molecule has 0 aromatic carbocycles. The van der Waals surface area contributed by atoms with Crippen LogP contribution in [-0.4, -0.2) is 16.9 Å². The summed E-state index contributed by atoms with van der Waals surface area (Å²) >= 11 is 0. The Morgan fingerprint density at radius 1 is 1.62 bits per heavy atom. The Hall–Kier alpha value is -1.58. The van der Waals surface area contributed by atoms with E-state index < -0.39 is 0 Å². The van der Waals surface area contributed by atoms with Crippen LogP contribution < -0.4 is 10.6 Å². The van der Waals surface area contributed by atoms with Crippen LogP contribution in [0.2, 0.25) is 0 Å². The van der Waals surface area contributed by atoms with E-state index in [0.29, 0.717) is 0 Å². The van der Waals surface area contributed by atoms with Crippen molar-refractivity contribution in [1.82, 2.24) is 4.98 Å². The van der Waals surface area contributed by atoms with Crippen LogP contribution in [0, 0.1) is 0 Å². The van der Waals surface area contributed by atoms with E-state index in [1.165, 1.54) is 0 Å². The number of fused-ring (bicyclic) bond motifs is 1. The van der Waals surface area contributed by atoms with Crippen LogP contribution >= 0.6 is 0 Å². The Bertz CT molecular complexity index is 337. The Kier molecular flexibility index (Phi) is 1.88. The quantitative estimate of drug-likeness (QED) is 0.678. The summed E-state index contributed by atoms with van der Waals surface area (Å²) in [5.41, 5.74) is 0.761. The highest BCUT2D eigenvalue weighted by Crippen LogP contribution is 2.23. The highest BCUT2D eigenvalue weighted by atomic mass is 16.2. The Morgan fingerprint density at radius 2 is 2.46 bits per heavy atom. The average molecular weight is 177 g/mol. The van der Waals surface area contributed by atoms with E-state index in [1.54, 1.807) is 12.3 Å². The molecule has 1 aliphatic heterocycles. The van der Waals surface area contributed by atoms with Crippen molar-refractivity contribution in [1.29, 1.82) is 0 Å². The van der Waals surface area contributed by atoms with Gasteiger partial charge in [-0.2, -0.15) is 0 Å². The van der Waals surface area contributed by atoms with Crippen molar-refractivity contribution in [3.05, 3.63) is 18.3 Å². The molecule has 1 unspecified atom stereocenters. The van der Waals surface area contributed by atoms with E-state index >= 15 is 0 Å². The number of anilines is 2. The van der Waals surface area contributed by atoms with Crippen molar-refractivity contribution in [2.75, 3.05) is 10.6 Å². The third kappa shape index (κ3) is 1.35. The number of pyridine rings is 1. The number of aromatic nitrogens is 1. The summed E-state index contributed by atoms with van der Waals surface area (Å²) in [6, 6.07) is 3.48. The van der Waals surface area contributed by atoms with Crippen molar-refractivity contribution in [2.24, 2.45) is 0 Å². The van der Waals surface area contributed by atoms with Gasteiger partial charge in [0.1, 0.15) is 11.9 Å². The Labute approximate surface area is 76.4 Å². The van der Waals surface area contributed by atoms with Crippen LogP contribution in [0.5, 0.6) is 0 Å². The summed E-state index contributed by atoms with van der Waals surface area (Å²) in [7, 11) is 0. The van der Waals surface area contributed by atoms with Gasteiger partial charge in [0.2, 0.25) is 5.91 Å². The summed E-state index contributed by atoms with van der Waals surface area (Å²) in [5.74, 6) is 0.775. The minimum atomic E-state index is -0.151. The molecule has 68 valence electrons. The van der Waals surface area contributed by atoms with Gasteiger partial charge in [-0.25, -0.2) is 4.98 Å². The minimum absolute atomic E-state index is 0.0167. The van der Waals surface area contributed by atoms with Gasteiger partial charge >= 0.3 is 0 Å². The van der Waals surface area contributed by atoms with Crippen LogP contribution in [0.25, 0.3) is 0 Å². The van der Waals surface area contributed by atoms with Crippen LogP contribution in [0.3, 0.4) is 0 Å². The van der Waals surface area contributed by atoms with Gasteiger partial charge in [-0.3, -0.25) is 4.79 Å². The fourth-order valence-electron chi connectivity index (χ4n) is 1.36. The first-order valence-electron chi connectivity index (χ1n) is 4.33. The molecule has 0 saturated heterocycles. The highest BCUT2D eigenvalue weighted by molar-refractivity contribution is 6.01. The number of rotatable bonds is 1. The molecular formula is C9H11N3O. The normalized spacial score (nSPS) is 20.1. The standard InChI is InChI=1S/C9H11N3O/c1-2-6-9(13)12-7-4-3-5-10-8(7)11-6/h3-6H,2H2,1H3,(H,10,11)(H,12,13). The second-order valence-electron chi connectivity index (χ2n) is 2.99. The van der Waals surface area contributed by atoms with Crippen LogP contribution in [-0.2, 0) is 4.79 Å². The second-order valence-corrected chi connectivity index (χ2v) is 2.99. The lowest BCUT2D eigenvalue weighted by Gasteiger charge is -2.24. The maximum Gasteiger partial charge on any atom is 0.246 e. The number of hydrogen-bond donors (Lipinski definition) is 2. The number of hydrogen-bond acceptors (Lipinski definition) is 3. The van der Waals surface area contributed by atoms with Gasteiger partial charge < -0.3 is 10.6 Å². The summed E-state index contributed by atoms with van der Waals surface area (Å²) in [6.45, 7) is 1.96. The van der Waals surface area contributed by atoms with Gasteiger partial charge in [0.15, 0.2) is 0 Å². The van der Waals surface area contributed by atoms with Crippen molar-refractivity contribution in [3.63, 3.8) is 0 Å². The first-order chi connectivity index (χ1) is 6.31. The lowest BCUT2D eigenvalue weighted by atomic mass is 10.1. The molecule has 2 N–H and O–H groups in total. The number of carbonyl (C=O) groups excluding carboxylic acids is 1. The molecule has 13 heavy (non-hydrogen) atoms.